The number of hydrogen-bond acceptors (Lipinski definition) is 6. The zero-order valence-corrected chi connectivity index (χ0v) is 19.9. The fraction of sp³-hybridized carbons (Fsp3) is 0.320. The molecule has 8 nitrogen and oxygen atoms in total. The summed E-state index contributed by atoms with van der Waals surface area (Å²) in [6.45, 7) is 5.98. The van der Waals surface area contributed by atoms with Gasteiger partial charge in [0.25, 0.3) is 5.56 Å². The number of halogens is 1. The van der Waals surface area contributed by atoms with Crippen LogP contribution in [0.1, 0.15) is 13.3 Å². The van der Waals surface area contributed by atoms with Gasteiger partial charge < -0.3 is 9.47 Å². The standard InChI is InChI=1S/C25H26ClN5O3/c1-17-9-10-29(15-17)11-12-34-23-8-7-20(13-24(23)33-2)30-16-27-31-22(25(30)32)14-21(28-31)18-3-5-19(26)6-4-18/h3-8,13-14,16-17H,9-12,15H2,1-2H3. The van der Waals surface area contributed by atoms with E-state index in [9.17, 15) is 4.79 Å². The molecule has 1 unspecified atom stereocenters. The SMILES string of the molecule is COc1cc(-n2cnn3nc(-c4ccc(Cl)cc4)cc3c2=O)ccc1OCCN1CCC(C)C1. The van der Waals surface area contributed by atoms with Gasteiger partial charge in [-0.15, -0.1) is 14.8 Å². The summed E-state index contributed by atoms with van der Waals surface area (Å²) in [4.78, 5) is 15.6. The van der Waals surface area contributed by atoms with Crippen LogP contribution in [0.15, 0.2) is 59.7 Å². The highest BCUT2D eigenvalue weighted by atomic mass is 35.5. The van der Waals surface area contributed by atoms with E-state index in [-0.39, 0.29) is 5.56 Å². The van der Waals surface area contributed by atoms with Crippen molar-refractivity contribution in [2.45, 2.75) is 13.3 Å². The molecule has 0 spiro atoms. The largest absolute Gasteiger partial charge is 0.493 e. The minimum absolute atomic E-state index is 0.235. The molecule has 2 aromatic carbocycles. The molecule has 1 aliphatic heterocycles. The lowest BCUT2D eigenvalue weighted by Gasteiger charge is -2.17. The molecular weight excluding hydrogens is 454 g/mol. The predicted octanol–water partition coefficient (Wildman–Crippen LogP) is 3.93. The Kier molecular flexibility index (Phi) is 6.26. The fourth-order valence-electron chi connectivity index (χ4n) is 4.27. The molecular formula is C25H26ClN5O3. The number of aromatic nitrogens is 4. The van der Waals surface area contributed by atoms with E-state index in [4.69, 9.17) is 21.1 Å². The van der Waals surface area contributed by atoms with Crippen LogP contribution in [-0.2, 0) is 0 Å². The summed E-state index contributed by atoms with van der Waals surface area (Å²) in [6.07, 6.45) is 2.70. The Hall–Kier alpha value is -3.36. The van der Waals surface area contributed by atoms with E-state index in [2.05, 4.69) is 22.0 Å². The first-order valence-electron chi connectivity index (χ1n) is 11.3. The molecule has 1 fully saturated rings. The molecule has 0 bridgehead atoms. The summed E-state index contributed by atoms with van der Waals surface area (Å²) >= 11 is 5.98. The Morgan fingerprint density at radius 2 is 1.94 bits per heavy atom. The monoisotopic (exact) mass is 479 g/mol. The van der Waals surface area contributed by atoms with Crippen LogP contribution >= 0.6 is 11.6 Å². The van der Waals surface area contributed by atoms with Crippen LogP contribution in [0, 0.1) is 5.92 Å². The van der Waals surface area contributed by atoms with Gasteiger partial charge in [-0.1, -0.05) is 30.7 Å². The van der Waals surface area contributed by atoms with Crippen LogP contribution in [0.25, 0.3) is 22.5 Å². The van der Waals surface area contributed by atoms with Crippen molar-refractivity contribution >= 4 is 17.1 Å². The van der Waals surface area contributed by atoms with Crippen LogP contribution in [0.2, 0.25) is 5.02 Å². The highest BCUT2D eigenvalue weighted by Crippen LogP contribution is 2.29. The lowest BCUT2D eigenvalue weighted by Crippen LogP contribution is -2.26. The van der Waals surface area contributed by atoms with Gasteiger partial charge in [0.2, 0.25) is 0 Å². The van der Waals surface area contributed by atoms with Crippen molar-refractivity contribution in [3.63, 3.8) is 0 Å². The molecule has 4 aromatic rings. The van der Waals surface area contributed by atoms with Gasteiger partial charge in [-0.05, 0) is 49.2 Å². The second-order valence-electron chi connectivity index (χ2n) is 8.60. The Morgan fingerprint density at radius 3 is 2.68 bits per heavy atom. The minimum Gasteiger partial charge on any atom is -0.493 e. The molecule has 1 aliphatic rings. The van der Waals surface area contributed by atoms with Gasteiger partial charge in [0.15, 0.2) is 17.0 Å². The normalized spacial score (nSPS) is 16.3. The van der Waals surface area contributed by atoms with Gasteiger partial charge in [0, 0.05) is 29.7 Å². The Labute approximate surface area is 202 Å². The summed E-state index contributed by atoms with van der Waals surface area (Å²) in [5, 5.41) is 9.39. The molecule has 0 amide bonds. The van der Waals surface area contributed by atoms with Crippen LogP contribution in [0.3, 0.4) is 0 Å². The summed E-state index contributed by atoms with van der Waals surface area (Å²) in [5.41, 5.74) is 2.26. The van der Waals surface area contributed by atoms with Crippen molar-refractivity contribution in [3.8, 4) is 28.4 Å². The maximum atomic E-state index is 13.2. The first kappa shape index (κ1) is 22.4. The summed E-state index contributed by atoms with van der Waals surface area (Å²) in [6, 6.07) is 14.4. The predicted molar refractivity (Wildman–Crippen MR) is 131 cm³/mol. The highest BCUT2D eigenvalue weighted by Gasteiger charge is 2.18. The average molecular weight is 480 g/mol. The summed E-state index contributed by atoms with van der Waals surface area (Å²) in [7, 11) is 1.59. The number of benzene rings is 2. The molecule has 176 valence electrons. The molecule has 1 atom stereocenters. The number of rotatable bonds is 7. The highest BCUT2D eigenvalue weighted by molar-refractivity contribution is 6.30. The van der Waals surface area contributed by atoms with Gasteiger partial charge in [-0.3, -0.25) is 14.3 Å². The van der Waals surface area contributed by atoms with E-state index in [0.29, 0.717) is 40.0 Å². The lowest BCUT2D eigenvalue weighted by atomic mass is 10.1. The van der Waals surface area contributed by atoms with Crippen molar-refractivity contribution in [3.05, 3.63) is 70.2 Å². The lowest BCUT2D eigenvalue weighted by molar-refractivity contribution is 0.227. The van der Waals surface area contributed by atoms with Crippen molar-refractivity contribution in [1.29, 1.82) is 0 Å². The molecule has 0 aliphatic carbocycles. The summed E-state index contributed by atoms with van der Waals surface area (Å²) < 4.78 is 14.3. The topological polar surface area (TPSA) is 73.9 Å². The maximum Gasteiger partial charge on any atom is 0.284 e. The van der Waals surface area contributed by atoms with E-state index in [1.165, 1.54) is 21.9 Å². The molecule has 0 radical (unpaired) electrons. The van der Waals surface area contributed by atoms with Crippen LogP contribution in [0.4, 0.5) is 0 Å². The van der Waals surface area contributed by atoms with E-state index >= 15 is 0 Å². The number of nitrogens with zero attached hydrogens (tertiary/aromatic N) is 5. The Morgan fingerprint density at radius 1 is 1.12 bits per heavy atom. The summed E-state index contributed by atoms with van der Waals surface area (Å²) in [5.74, 6) is 1.96. The zero-order valence-electron chi connectivity index (χ0n) is 19.1. The fourth-order valence-corrected chi connectivity index (χ4v) is 4.39. The third-order valence-corrected chi connectivity index (χ3v) is 6.40. The van der Waals surface area contributed by atoms with Gasteiger partial charge in [-0.25, -0.2) is 0 Å². The number of methoxy groups -OCH3 is 1. The number of fused-ring (bicyclic) bond motifs is 1. The number of ether oxygens (including phenoxy) is 2. The van der Waals surface area contributed by atoms with Gasteiger partial charge >= 0.3 is 0 Å². The first-order valence-corrected chi connectivity index (χ1v) is 11.7. The third-order valence-electron chi connectivity index (χ3n) is 6.14. The quantitative estimate of drug-likeness (QED) is 0.400. The smallest absolute Gasteiger partial charge is 0.284 e. The van der Waals surface area contributed by atoms with E-state index < -0.39 is 0 Å². The average Bonchev–Trinajstić information content (AvgIpc) is 3.47. The van der Waals surface area contributed by atoms with Crippen molar-refractivity contribution in [2.24, 2.45) is 5.92 Å². The van der Waals surface area contributed by atoms with Crippen LogP contribution in [0.5, 0.6) is 11.5 Å². The first-order chi connectivity index (χ1) is 16.5. The van der Waals surface area contributed by atoms with Crippen molar-refractivity contribution in [1.82, 2.24) is 24.3 Å². The Bertz CT molecular complexity index is 1370. The van der Waals surface area contributed by atoms with Crippen LogP contribution < -0.4 is 15.0 Å². The molecule has 0 N–H and O–H groups in total. The molecule has 2 aromatic heterocycles. The molecule has 34 heavy (non-hydrogen) atoms. The van der Waals surface area contributed by atoms with Crippen molar-refractivity contribution in [2.75, 3.05) is 33.4 Å². The molecule has 9 heteroatoms. The zero-order chi connectivity index (χ0) is 23.7. The molecule has 1 saturated heterocycles. The van der Waals surface area contributed by atoms with Gasteiger partial charge in [0.1, 0.15) is 12.9 Å². The third kappa shape index (κ3) is 4.51. The van der Waals surface area contributed by atoms with E-state index in [1.54, 1.807) is 31.4 Å². The number of hydrogen-bond donors (Lipinski definition) is 0. The van der Waals surface area contributed by atoms with E-state index in [0.717, 1.165) is 31.1 Å². The number of likely N-dealkylation sites (tertiary alicyclic amines) is 1. The minimum atomic E-state index is -0.235. The maximum absolute atomic E-state index is 13.2. The second-order valence-corrected chi connectivity index (χ2v) is 9.03. The van der Waals surface area contributed by atoms with Gasteiger partial charge in [-0.2, -0.15) is 0 Å². The second kappa shape index (κ2) is 9.48. The van der Waals surface area contributed by atoms with Crippen LogP contribution in [-0.4, -0.2) is 57.6 Å². The van der Waals surface area contributed by atoms with E-state index in [1.807, 2.05) is 24.3 Å². The molecule has 0 saturated carbocycles. The van der Waals surface area contributed by atoms with Crippen molar-refractivity contribution < 1.29 is 9.47 Å². The molecule has 5 rings (SSSR count). The Balaban J connectivity index is 1.38. The molecule has 3 heterocycles. The van der Waals surface area contributed by atoms with Gasteiger partial charge in [0.05, 0.1) is 18.5 Å².